The second-order valence-electron chi connectivity index (χ2n) is 6.38. The molecule has 1 unspecified atom stereocenters. The van der Waals surface area contributed by atoms with Crippen LogP contribution in [0.25, 0.3) is 11.4 Å². The van der Waals surface area contributed by atoms with E-state index in [0.717, 1.165) is 12.0 Å². The Bertz CT molecular complexity index is 772. The third-order valence-corrected chi connectivity index (χ3v) is 5.58. The topological polar surface area (TPSA) is 70.7 Å². The molecule has 1 aliphatic rings. The van der Waals surface area contributed by atoms with Gasteiger partial charge in [0.05, 0.1) is 5.25 Å². The van der Waals surface area contributed by atoms with Crippen molar-refractivity contribution in [2.24, 2.45) is 0 Å². The Morgan fingerprint density at radius 1 is 1.35 bits per heavy atom. The third kappa shape index (κ3) is 5.35. The van der Waals surface area contributed by atoms with Gasteiger partial charge in [-0.3, -0.25) is 9.89 Å². The van der Waals surface area contributed by atoms with Crippen LogP contribution in [-0.2, 0) is 4.79 Å². The van der Waals surface area contributed by atoms with Crippen LogP contribution < -0.4 is 5.32 Å². The van der Waals surface area contributed by atoms with Crippen LogP contribution in [0.2, 0.25) is 5.02 Å². The minimum atomic E-state index is -0.246. The second-order valence-corrected chi connectivity index (χ2v) is 8.13. The van der Waals surface area contributed by atoms with E-state index in [1.54, 1.807) is 0 Å². The molecule has 1 heterocycles. The molecule has 5 nitrogen and oxygen atoms in total. The second kappa shape index (κ2) is 9.24. The van der Waals surface area contributed by atoms with Gasteiger partial charge in [0.2, 0.25) is 11.1 Å². The van der Waals surface area contributed by atoms with Crippen molar-refractivity contribution in [3.63, 3.8) is 0 Å². The van der Waals surface area contributed by atoms with Gasteiger partial charge in [0.1, 0.15) is 0 Å². The number of halogens is 1. The lowest BCUT2D eigenvalue weighted by atomic mass is 9.97. The number of nitrogens with zero attached hydrogens (tertiary/aromatic N) is 2. The summed E-state index contributed by atoms with van der Waals surface area (Å²) in [6, 6.07) is 7.38. The molecule has 0 radical (unpaired) electrons. The number of rotatable bonds is 7. The number of aromatic nitrogens is 3. The number of carbonyl (C=O) groups is 1. The first-order valence-corrected chi connectivity index (χ1v) is 10.2. The average molecular weight is 391 g/mol. The summed E-state index contributed by atoms with van der Waals surface area (Å²) in [4.78, 5) is 16.7. The first-order valence-electron chi connectivity index (χ1n) is 8.92. The molecule has 1 aliphatic carbocycles. The Morgan fingerprint density at radius 2 is 2.15 bits per heavy atom. The van der Waals surface area contributed by atoms with Crippen molar-refractivity contribution in [1.29, 1.82) is 0 Å². The van der Waals surface area contributed by atoms with Crippen LogP contribution in [0.3, 0.4) is 0 Å². The maximum atomic E-state index is 12.3. The normalized spacial score (nSPS) is 15.4. The van der Waals surface area contributed by atoms with Crippen molar-refractivity contribution in [2.75, 3.05) is 6.54 Å². The molecule has 0 spiro atoms. The van der Waals surface area contributed by atoms with E-state index in [4.69, 9.17) is 11.6 Å². The summed E-state index contributed by atoms with van der Waals surface area (Å²) in [6.07, 6.45) is 8.18. The van der Waals surface area contributed by atoms with Crippen molar-refractivity contribution >= 4 is 29.3 Å². The van der Waals surface area contributed by atoms with E-state index < -0.39 is 0 Å². The summed E-state index contributed by atoms with van der Waals surface area (Å²) in [6.45, 7) is 2.57. The summed E-state index contributed by atoms with van der Waals surface area (Å²) in [7, 11) is 0. The first-order chi connectivity index (χ1) is 12.6. The molecule has 0 saturated heterocycles. The van der Waals surface area contributed by atoms with Gasteiger partial charge < -0.3 is 5.32 Å². The summed E-state index contributed by atoms with van der Waals surface area (Å²) in [5.41, 5.74) is 2.38. The van der Waals surface area contributed by atoms with E-state index in [1.165, 1.54) is 43.0 Å². The maximum absolute atomic E-state index is 12.3. The number of benzene rings is 1. The maximum Gasteiger partial charge on any atom is 0.233 e. The van der Waals surface area contributed by atoms with E-state index in [2.05, 4.69) is 26.6 Å². The Labute approximate surface area is 163 Å². The predicted molar refractivity (Wildman–Crippen MR) is 106 cm³/mol. The fourth-order valence-electron chi connectivity index (χ4n) is 2.87. The number of hydrogen-bond donors (Lipinski definition) is 2. The lowest BCUT2D eigenvalue weighted by molar-refractivity contribution is -0.120. The third-order valence-electron chi connectivity index (χ3n) is 4.36. The molecule has 3 rings (SSSR count). The van der Waals surface area contributed by atoms with Crippen molar-refractivity contribution in [1.82, 2.24) is 20.5 Å². The quantitative estimate of drug-likeness (QED) is 0.534. The zero-order valence-electron chi connectivity index (χ0n) is 14.8. The van der Waals surface area contributed by atoms with Crippen LogP contribution in [-0.4, -0.2) is 32.9 Å². The van der Waals surface area contributed by atoms with Crippen molar-refractivity contribution in [3.05, 3.63) is 40.9 Å². The average Bonchev–Trinajstić information content (AvgIpc) is 3.11. The van der Waals surface area contributed by atoms with Gasteiger partial charge in [-0.25, -0.2) is 4.98 Å². The summed E-state index contributed by atoms with van der Waals surface area (Å²) < 4.78 is 0. The van der Waals surface area contributed by atoms with E-state index >= 15 is 0 Å². The molecular weight excluding hydrogens is 368 g/mol. The van der Waals surface area contributed by atoms with Gasteiger partial charge in [-0.05, 0) is 63.3 Å². The smallest absolute Gasteiger partial charge is 0.233 e. The lowest BCUT2D eigenvalue weighted by Crippen LogP contribution is -2.32. The molecule has 0 bridgehead atoms. The van der Waals surface area contributed by atoms with Gasteiger partial charge in [-0.1, -0.05) is 35.0 Å². The number of aromatic amines is 1. The first kappa shape index (κ1) is 19.0. The molecule has 1 amide bonds. The minimum Gasteiger partial charge on any atom is -0.355 e. The van der Waals surface area contributed by atoms with Crippen LogP contribution in [0.15, 0.2) is 41.1 Å². The molecule has 0 saturated carbocycles. The summed E-state index contributed by atoms with van der Waals surface area (Å²) >= 11 is 7.25. The molecule has 0 aliphatic heterocycles. The van der Waals surface area contributed by atoms with Gasteiger partial charge in [-0.15, -0.1) is 5.10 Å². The Morgan fingerprint density at radius 3 is 2.88 bits per heavy atom. The van der Waals surface area contributed by atoms with Crippen LogP contribution in [0.5, 0.6) is 0 Å². The number of carbonyl (C=O) groups excluding carboxylic acids is 1. The molecule has 0 fully saturated rings. The highest BCUT2D eigenvalue weighted by Crippen LogP contribution is 2.24. The van der Waals surface area contributed by atoms with E-state index in [1.807, 2.05) is 31.2 Å². The molecule has 1 atom stereocenters. The van der Waals surface area contributed by atoms with Crippen LogP contribution in [0, 0.1) is 0 Å². The van der Waals surface area contributed by atoms with Crippen molar-refractivity contribution < 1.29 is 4.79 Å². The molecular formula is C19H23ClN4OS. The van der Waals surface area contributed by atoms with E-state index in [-0.39, 0.29) is 11.2 Å². The largest absolute Gasteiger partial charge is 0.355 e. The lowest BCUT2D eigenvalue weighted by Gasteiger charge is -2.14. The SMILES string of the molecule is CC(Sc1n[nH]c(-c2ccc(Cl)cc2)n1)C(=O)NCCC1=CCCCC1. The van der Waals surface area contributed by atoms with Gasteiger partial charge in [0.15, 0.2) is 5.82 Å². The molecule has 138 valence electrons. The zero-order chi connectivity index (χ0) is 18.4. The number of allylic oxidation sites excluding steroid dienone is 1. The monoisotopic (exact) mass is 390 g/mol. The van der Waals surface area contributed by atoms with Gasteiger partial charge in [-0.2, -0.15) is 0 Å². The van der Waals surface area contributed by atoms with Crippen LogP contribution in [0.1, 0.15) is 39.0 Å². The molecule has 1 aromatic heterocycles. The zero-order valence-corrected chi connectivity index (χ0v) is 16.4. The van der Waals surface area contributed by atoms with Crippen LogP contribution >= 0.6 is 23.4 Å². The van der Waals surface area contributed by atoms with Crippen molar-refractivity contribution in [2.45, 2.75) is 49.4 Å². The Kier molecular flexibility index (Phi) is 6.74. The minimum absolute atomic E-state index is 0.0178. The highest BCUT2D eigenvalue weighted by atomic mass is 35.5. The fourth-order valence-corrected chi connectivity index (χ4v) is 3.74. The van der Waals surface area contributed by atoms with Gasteiger partial charge in [0, 0.05) is 17.1 Å². The number of thioether (sulfide) groups is 1. The molecule has 7 heteroatoms. The van der Waals surface area contributed by atoms with Gasteiger partial charge in [0.25, 0.3) is 0 Å². The van der Waals surface area contributed by atoms with Crippen molar-refractivity contribution in [3.8, 4) is 11.4 Å². The highest BCUT2D eigenvalue weighted by molar-refractivity contribution is 8.00. The standard InChI is InChI=1S/C19H23ClN4OS/c1-13(18(25)21-12-11-14-5-3-2-4-6-14)26-19-22-17(23-24-19)15-7-9-16(20)10-8-15/h5,7-10,13H,2-4,6,11-12H2,1H3,(H,21,25)(H,22,23,24). The molecule has 26 heavy (non-hydrogen) atoms. The summed E-state index contributed by atoms with van der Waals surface area (Å²) in [5, 5.41) is 11.1. The molecule has 2 N–H and O–H groups in total. The molecule has 1 aromatic carbocycles. The Hall–Kier alpha value is -1.79. The van der Waals surface area contributed by atoms with E-state index in [0.29, 0.717) is 22.5 Å². The number of amides is 1. The van der Waals surface area contributed by atoms with Gasteiger partial charge >= 0.3 is 0 Å². The van der Waals surface area contributed by atoms with E-state index in [9.17, 15) is 4.79 Å². The number of H-pyrrole nitrogens is 1. The highest BCUT2D eigenvalue weighted by Gasteiger charge is 2.17. The number of nitrogens with one attached hydrogen (secondary N) is 2. The fraction of sp³-hybridized carbons (Fsp3) is 0.421. The molecule has 2 aromatic rings. The predicted octanol–water partition coefficient (Wildman–Crippen LogP) is 4.61. The Balaban J connectivity index is 1.48. The summed E-state index contributed by atoms with van der Waals surface area (Å²) in [5.74, 6) is 0.685. The number of hydrogen-bond acceptors (Lipinski definition) is 4. The van der Waals surface area contributed by atoms with Crippen LogP contribution in [0.4, 0.5) is 0 Å².